The molecule has 0 amide bonds. The molecule has 2 aliphatic heterocycles. The molecule has 3 aromatic rings. The van der Waals surface area contributed by atoms with Crippen LogP contribution in [-0.2, 0) is 4.74 Å². The average molecular weight is 445 g/mol. The van der Waals surface area contributed by atoms with Crippen LogP contribution < -0.4 is 9.75 Å². The second-order valence-corrected chi connectivity index (χ2v) is 7.86. The average Bonchev–Trinajstić information content (AvgIpc) is 3.25. The lowest BCUT2D eigenvalue weighted by Gasteiger charge is -2.41. The predicted octanol–water partition coefficient (Wildman–Crippen LogP) is 4.70. The van der Waals surface area contributed by atoms with Gasteiger partial charge in [-0.1, -0.05) is 6.07 Å². The molecule has 1 saturated heterocycles. The molecule has 2 aliphatic rings. The maximum absolute atomic E-state index is 13.5. The minimum atomic E-state index is -0.267. The molecule has 7 nitrogen and oxygen atoms in total. The number of amidine groups is 1. The van der Waals surface area contributed by atoms with Gasteiger partial charge < -0.3 is 14.0 Å². The summed E-state index contributed by atoms with van der Waals surface area (Å²) in [4.78, 5) is 9.03. The van der Waals surface area contributed by atoms with E-state index in [1.165, 1.54) is 12.1 Å². The van der Waals surface area contributed by atoms with Crippen LogP contribution in [-0.4, -0.2) is 40.7 Å². The van der Waals surface area contributed by atoms with Gasteiger partial charge in [-0.25, -0.2) is 14.4 Å². The van der Waals surface area contributed by atoms with Crippen molar-refractivity contribution in [1.29, 1.82) is 0 Å². The zero-order valence-electron chi connectivity index (χ0n) is 18.7. The lowest BCUT2D eigenvalue weighted by Crippen LogP contribution is -2.51. The van der Waals surface area contributed by atoms with Gasteiger partial charge in [0, 0.05) is 12.4 Å². The van der Waals surface area contributed by atoms with Crippen molar-refractivity contribution in [3.63, 3.8) is 0 Å². The third-order valence-corrected chi connectivity index (χ3v) is 5.46. The Bertz CT molecular complexity index is 1280. The Morgan fingerprint density at radius 3 is 2.67 bits per heavy atom. The van der Waals surface area contributed by atoms with Gasteiger partial charge in [0.25, 0.3) is 0 Å². The number of aromatic nitrogens is 2. The van der Waals surface area contributed by atoms with Crippen molar-refractivity contribution in [2.45, 2.75) is 13.8 Å². The number of hydrogen-bond donors (Lipinski definition) is 0. The number of imidazole rings is 1. The number of fused-ring (bicyclic) bond motifs is 1. The van der Waals surface area contributed by atoms with Crippen molar-refractivity contribution < 1.29 is 13.9 Å². The van der Waals surface area contributed by atoms with E-state index in [0.717, 1.165) is 34.1 Å². The van der Waals surface area contributed by atoms with Crippen molar-refractivity contribution in [2.75, 3.05) is 25.3 Å². The molecule has 0 spiro atoms. The first kappa shape index (κ1) is 20.8. The number of ether oxygens (including phenoxy) is 2. The molecule has 1 fully saturated rings. The highest BCUT2D eigenvalue weighted by Gasteiger charge is 2.30. The third-order valence-electron chi connectivity index (χ3n) is 5.46. The van der Waals surface area contributed by atoms with Gasteiger partial charge >= 0.3 is 0 Å². The van der Waals surface area contributed by atoms with E-state index in [1.807, 2.05) is 65.1 Å². The Balaban J connectivity index is 1.49. The molecule has 0 N–H and O–H groups in total. The number of aliphatic imine (C=N–C) groups is 1. The monoisotopic (exact) mass is 445 g/mol. The van der Waals surface area contributed by atoms with Crippen LogP contribution in [0.3, 0.4) is 0 Å². The van der Waals surface area contributed by atoms with Gasteiger partial charge in [-0.05, 0) is 61.9 Å². The summed E-state index contributed by atoms with van der Waals surface area (Å²) in [5.74, 6) is 1.83. The third kappa shape index (κ3) is 4.07. The summed E-state index contributed by atoms with van der Waals surface area (Å²) in [7, 11) is 1.65. The van der Waals surface area contributed by atoms with E-state index in [0.29, 0.717) is 24.7 Å². The molecule has 0 bridgehead atoms. The minimum Gasteiger partial charge on any atom is -0.495 e. The van der Waals surface area contributed by atoms with Crippen molar-refractivity contribution >= 4 is 17.6 Å². The second kappa shape index (κ2) is 8.46. The Morgan fingerprint density at radius 2 is 1.94 bits per heavy atom. The number of nitrogens with zero attached hydrogens (tertiary/aromatic N) is 5. The Hall–Kier alpha value is -4.07. The summed E-state index contributed by atoms with van der Waals surface area (Å²) < 4.78 is 27.0. The molecule has 5 rings (SSSR count). The quantitative estimate of drug-likeness (QED) is 0.583. The van der Waals surface area contributed by atoms with E-state index >= 15 is 0 Å². The second-order valence-electron chi connectivity index (χ2n) is 7.86. The first-order valence-electron chi connectivity index (χ1n) is 10.6. The fraction of sp³-hybridized carbons (Fsp3) is 0.200. The SMILES string of the molecule is COc1cc(C=C2OCCN3C2=NC(C)=CN3c2ccc(F)cc2)ccc1-n1cnc(C)c1. The summed E-state index contributed by atoms with van der Waals surface area (Å²) in [6.07, 6.45) is 7.61. The number of hydrazine groups is 1. The number of methoxy groups -OCH3 is 1. The summed E-state index contributed by atoms with van der Waals surface area (Å²) in [6, 6.07) is 12.4. The van der Waals surface area contributed by atoms with Crippen LogP contribution in [0.15, 0.2) is 77.6 Å². The van der Waals surface area contributed by atoms with Crippen molar-refractivity contribution in [3.8, 4) is 11.4 Å². The van der Waals surface area contributed by atoms with Crippen molar-refractivity contribution in [1.82, 2.24) is 14.6 Å². The van der Waals surface area contributed by atoms with Gasteiger partial charge in [0.2, 0.25) is 0 Å². The standard InChI is InChI=1S/C25H24FN5O2/c1-17-14-29(16-27-17)22-9-4-19(12-23(22)32-3)13-24-25-28-18(2)15-31(30(25)10-11-33-24)21-7-5-20(26)6-8-21/h4-9,12-16H,10-11H2,1-3H3. The largest absolute Gasteiger partial charge is 0.495 e. The van der Waals surface area contributed by atoms with Gasteiger partial charge in [-0.3, -0.25) is 10.0 Å². The number of benzene rings is 2. The molecule has 168 valence electrons. The number of hydrogen-bond acceptors (Lipinski definition) is 6. The highest BCUT2D eigenvalue weighted by molar-refractivity contribution is 6.03. The molecular weight excluding hydrogens is 421 g/mol. The van der Waals surface area contributed by atoms with Gasteiger partial charge in [-0.15, -0.1) is 0 Å². The highest BCUT2D eigenvalue weighted by atomic mass is 19.1. The van der Waals surface area contributed by atoms with Gasteiger partial charge in [0.15, 0.2) is 11.6 Å². The predicted molar refractivity (Wildman–Crippen MR) is 126 cm³/mol. The number of morpholine rings is 1. The highest BCUT2D eigenvalue weighted by Crippen LogP contribution is 2.30. The summed E-state index contributed by atoms with van der Waals surface area (Å²) in [5.41, 5.74) is 4.44. The van der Waals surface area contributed by atoms with E-state index in [1.54, 1.807) is 25.6 Å². The van der Waals surface area contributed by atoms with Crippen LogP contribution in [0.2, 0.25) is 0 Å². The van der Waals surface area contributed by atoms with Gasteiger partial charge in [-0.2, -0.15) is 0 Å². The minimum absolute atomic E-state index is 0.267. The molecule has 0 aliphatic carbocycles. The Labute approximate surface area is 191 Å². The molecular formula is C25H24FN5O2. The number of halogens is 1. The van der Waals surface area contributed by atoms with Crippen LogP contribution in [0.4, 0.5) is 10.1 Å². The van der Waals surface area contributed by atoms with Crippen LogP contribution in [0.25, 0.3) is 11.8 Å². The smallest absolute Gasteiger partial charge is 0.191 e. The van der Waals surface area contributed by atoms with Crippen LogP contribution in [0, 0.1) is 12.7 Å². The van der Waals surface area contributed by atoms with Crippen LogP contribution in [0.1, 0.15) is 18.2 Å². The van der Waals surface area contributed by atoms with Crippen molar-refractivity contribution in [2.24, 2.45) is 4.99 Å². The van der Waals surface area contributed by atoms with Crippen molar-refractivity contribution in [3.05, 3.63) is 89.7 Å². The van der Waals surface area contributed by atoms with Crippen LogP contribution >= 0.6 is 0 Å². The Morgan fingerprint density at radius 1 is 1.12 bits per heavy atom. The summed E-state index contributed by atoms with van der Waals surface area (Å²) in [5, 5.41) is 4.02. The molecule has 8 heteroatoms. The van der Waals surface area contributed by atoms with E-state index in [4.69, 9.17) is 14.5 Å². The molecule has 2 aromatic carbocycles. The number of allylic oxidation sites excluding steroid dienone is 1. The maximum atomic E-state index is 13.5. The van der Waals surface area contributed by atoms with Gasteiger partial charge in [0.05, 0.1) is 42.7 Å². The number of aryl methyl sites for hydroxylation is 1. The van der Waals surface area contributed by atoms with Gasteiger partial charge in [0.1, 0.15) is 18.2 Å². The van der Waals surface area contributed by atoms with E-state index < -0.39 is 0 Å². The maximum Gasteiger partial charge on any atom is 0.191 e. The number of anilines is 1. The lowest BCUT2D eigenvalue weighted by atomic mass is 10.1. The molecule has 0 saturated carbocycles. The molecule has 0 atom stereocenters. The lowest BCUT2D eigenvalue weighted by molar-refractivity contribution is 0.168. The molecule has 1 aromatic heterocycles. The zero-order chi connectivity index (χ0) is 22.9. The summed E-state index contributed by atoms with van der Waals surface area (Å²) >= 11 is 0. The fourth-order valence-corrected chi connectivity index (χ4v) is 3.92. The fourth-order valence-electron chi connectivity index (χ4n) is 3.92. The molecule has 3 heterocycles. The Kier molecular flexibility index (Phi) is 5.34. The topological polar surface area (TPSA) is 55.1 Å². The normalized spacial score (nSPS) is 16.8. The number of rotatable bonds is 4. The van der Waals surface area contributed by atoms with E-state index in [2.05, 4.69) is 4.98 Å². The summed E-state index contributed by atoms with van der Waals surface area (Å²) in [6.45, 7) is 5.00. The molecule has 0 unspecified atom stereocenters. The first-order chi connectivity index (χ1) is 16.0. The van der Waals surface area contributed by atoms with Crippen LogP contribution in [0.5, 0.6) is 5.75 Å². The van der Waals surface area contributed by atoms with E-state index in [-0.39, 0.29) is 5.82 Å². The first-order valence-corrected chi connectivity index (χ1v) is 10.6. The zero-order valence-corrected chi connectivity index (χ0v) is 18.7. The molecule has 33 heavy (non-hydrogen) atoms. The molecule has 0 radical (unpaired) electrons. The van der Waals surface area contributed by atoms with E-state index in [9.17, 15) is 4.39 Å².